The zero-order chi connectivity index (χ0) is 16.2. The number of anilines is 2. The minimum atomic E-state index is 0.126. The Kier molecular flexibility index (Phi) is 4.59. The van der Waals surface area contributed by atoms with E-state index >= 15 is 0 Å². The molecule has 1 aromatic heterocycles. The molecule has 0 aromatic carbocycles. The lowest BCUT2D eigenvalue weighted by Gasteiger charge is -2.36. The Labute approximate surface area is 135 Å². The van der Waals surface area contributed by atoms with E-state index in [2.05, 4.69) is 19.8 Å². The first-order valence-corrected chi connectivity index (χ1v) is 7.94. The maximum atomic E-state index is 11.4. The smallest absolute Gasteiger partial charge is 0.219 e. The summed E-state index contributed by atoms with van der Waals surface area (Å²) in [5.74, 6) is 1.92. The van der Waals surface area contributed by atoms with Crippen LogP contribution in [-0.4, -0.2) is 84.4 Å². The van der Waals surface area contributed by atoms with Crippen LogP contribution in [0.5, 0.6) is 0 Å². The van der Waals surface area contributed by atoms with Gasteiger partial charge in [-0.3, -0.25) is 9.59 Å². The number of hydrogen-bond acceptors (Lipinski definition) is 6. The van der Waals surface area contributed by atoms with Gasteiger partial charge in [0.1, 0.15) is 18.0 Å². The maximum absolute atomic E-state index is 11.4. The summed E-state index contributed by atoms with van der Waals surface area (Å²) in [4.78, 5) is 38.9. The van der Waals surface area contributed by atoms with Crippen molar-refractivity contribution in [3.63, 3.8) is 0 Å². The number of carbonyl (C=O) groups is 2. The van der Waals surface area contributed by atoms with Gasteiger partial charge in [0, 0.05) is 65.3 Å². The standard InChI is InChI=1S/C15H22N6O2/c1-13(23)19-6-8-21(9-7-19)15-10-14(16-11-17-15)20-4-2-18(12-22)3-5-20/h10-12H,2-9H2,1H3. The molecule has 8 nitrogen and oxygen atoms in total. The molecule has 0 atom stereocenters. The summed E-state index contributed by atoms with van der Waals surface area (Å²) in [5.41, 5.74) is 0. The molecule has 124 valence electrons. The molecule has 0 aliphatic carbocycles. The van der Waals surface area contributed by atoms with Gasteiger partial charge in [-0.05, 0) is 0 Å². The van der Waals surface area contributed by atoms with Crippen LogP contribution >= 0.6 is 0 Å². The fourth-order valence-electron chi connectivity index (χ4n) is 2.99. The predicted molar refractivity (Wildman–Crippen MR) is 86.3 cm³/mol. The molecule has 8 heteroatoms. The van der Waals surface area contributed by atoms with Gasteiger partial charge in [0.2, 0.25) is 12.3 Å². The van der Waals surface area contributed by atoms with Gasteiger partial charge in [0.05, 0.1) is 0 Å². The first-order chi connectivity index (χ1) is 11.2. The normalized spacial score (nSPS) is 19.0. The van der Waals surface area contributed by atoms with E-state index in [1.807, 2.05) is 11.0 Å². The molecule has 2 saturated heterocycles. The fraction of sp³-hybridized carbons (Fsp3) is 0.600. The summed E-state index contributed by atoms with van der Waals surface area (Å²) in [6.45, 7) is 7.65. The molecule has 0 bridgehead atoms. The monoisotopic (exact) mass is 318 g/mol. The lowest BCUT2D eigenvalue weighted by Crippen LogP contribution is -2.48. The molecule has 0 unspecified atom stereocenters. The lowest BCUT2D eigenvalue weighted by molar-refractivity contribution is -0.129. The summed E-state index contributed by atoms with van der Waals surface area (Å²) < 4.78 is 0. The van der Waals surface area contributed by atoms with Crippen LogP contribution in [0.15, 0.2) is 12.4 Å². The van der Waals surface area contributed by atoms with Crippen LogP contribution in [0.25, 0.3) is 0 Å². The van der Waals surface area contributed by atoms with Crippen LogP contribution in [0.4, 0.5) is 11.6 Å². The van der Waals surface area contributed by atoms with Gasteiger partial charge in [-0.2, -0.15) is 0 Å². The third-order valence-electron chi connectivity index (χ3n) is 4.47. The molecule has 0 radical (unpaired) electrons. The van der Waals surface area contributed by atoms with Crippen LogP contribution in [0.1, 0.15) is 6.92 Å². The van der Waals surface area contributed by atoms with Crippen LogP contribution < -0.4 is 9.80 Å². The Balaban J connectivity index is 1.64. The number of hydrogen-bond donors (Lipinski definition) is 0. The Morgan fingerprint density at radius 1 is 0.957 bits per heavy atom. The molecular weight excluding hydrogens is 296 g/mol. The van der Waals surface area contributed by atoms with Crippen molar-refractivity contribution in [1.82, 2.24) is 19.8 Å². The van der Waals surface area contributed by atoms with E-state index in [4.69, 9.17) is 0 Å². The quantitative estimate of drug-likeness (QED) is 0.695. The van der Waals surface area contributed by atoms with E-state index in [0.717, 1.165) is 70.4 Å². The van der Waals surface area contributed by atoms with Crippen LogP contribution in [0.3, 0.4) is 0 Å². The number of piperazine rings is 2. The Hall–Kier alpha value is -2.38. The van der Waals surface area contributed by atoms with E-state index in [9.17, 15) is 9.59 Å². The zero-order valence-corrected chi connectivity index (χ0v) is 13.4. The van der Waals surface area contributed by atoms with Crippen molar-refractivity contribution < 1.29 is 9.59 Å². The van der Waals surface area contributed by atoms with Gasteiger partial charge in [0.25, 0.3) is 0 Å². The summed E-state index contributed by atoms with van der Waals surface area (Å²) in [5, 5.41) is 0. The van der Waals surface area contributed by atoms with Crippen molar-refractivity contribution in [2.24, 2.45) is 0 Å². The summed E-state index contributed by atoms with van der Waals surface area (Å²) in [7, 11) is 0. The average molecular weight is 318 g/mol. The SMILES string of the molecule is CC(=O)N1CCN(c2cc(N3CCN(C=O)CC3)ncn2)CC1. The van der Waals surface area contributed by atoms with Gasteiger partial charge in [-0.1, -0.05) is 0 Å². The molecule has 0 saturated carbocycles. The second kappa shape index (κ2) is 6.80. The van der Waals surface area contributed by atoms with Crippen molar-refractivity contribution in [3.05, 3.63) is 12.4 Å². The molecule has 2 aliphatic heterocycles. The minimum absolute atomic E-state index is 0.126. The second-order valence-electron chi connectivity index (χ2n) is 5.86. The summed E-state index contributed by atoms with van der Waals surface area (Å²) >= 11 is 0. The number of carbonyl (C=O) groups excluding carboxylic acids is 2. The Morgan fingerprint density at radius 2 is 1.48 bits per heavy atom. The lowest BCUT2D eigenvalue weighted by atomic mass is 10.3. The third-order valence-corrected chi connectivity index (χ3v) is 4.47. The Morgan fingerprint density at radius 3 is 1.96 bits per heavy atom. The van der Waals surface area contributed by atoms with Crippen molar-refractivity contribution in [1.29, 1.82) is 0 Å². The van der Waals surface area contributed by atoms with E-state index < -0.39 is 0 Å². The highest BCUT2D eigenvalue weighted by molar-refractivity contribution is 5.73. The largest absolute Gasteiger partial charge is 0.353 e. The van der Waals surface area contributed by atoms with Crippen molar-refractivity contribution in [2.75, 3.05) is 62.2 Å². The fourth-order valence-corrected chi connectivity index (χ4v) is 2.99. The van der Waals surface area contributed by atoms with Crippen molar-refractivity contribution in [2.45, 2.75) is 6.92 Å². The summed E-state index contributed by atoms with van der Waals surface area (Å²) in [6.07, 6.45) is 2.49. The van der Waals surface area contributed by atoms with Gasteiger partial charge in [0.15, 0.2) is 0 Å². The van der Waals surface area contributed by atoms with E-state index in [-0.39, 0.29) is 5.91 Å². The van der Waals surface area contributed by atoms with Crippen LogP contribution in [-0.2, 0) is 9.59 Å². The molecule has 23 heavy (non-hydrogen) atoms. The van der Waals surface area contributed by atoms with Gasteiger partial charge < -0.3 is 19.6 Å². The highest BCUT2D eigenvalue weighted by Crippen LogP contribution is 2.20. The predicted octanol–water partition coefficient (Wildman–Crippen LogP) is -0.576. The topological polar surface area (TPSA) is 72.9 Å². The average Bonchev–Trinajstić information content (AvgIpc) is 2.62. The molecule has 0 spiro atoms. The van der Waals surface area contributed by atoms with Gasteiger partial charge in [-0.25, -0.2) is 9.97 Å². The van der Waals surface area contributed by atoms with Crippen LogP contribution in [0.2, 0.25) is 0 Å². The van der Waals surface area contributed by atoms with Gasteiger partial charge in [-0.15, -0.1) is 0 Å². The van der Waals surface area contributed by atoms with E-state index in [0.29, 0.717) is 0 Å². The molecule has 3 heterocycles. The first kappa shape index (κ1) is 15.5. The van der Waals surface area contributed by atoms with Crippen molar-refractivity contribution >= 4 is 24.0 Å². The zero-order valence-electron chi connectivity index (χ0n) is 13.4. The van der Waals surface area contributed by atoms with Crippen LogP contribution in [0, 0.1) is 0 Å². The summed E-state index contributed by atoms with van der Waals surface area (Å²) in [6, 6.07) is 2.00. The van der Waals surface area contributed by atoms with Gasteiger partial charge >= 0.3 is 0 Å². The third kappa shape index (κ3) is 3.52. The molecule has 2 amide bonds. The second-order valence-corrected chi connectivity index (χ2v) is 5.86. The molecule has 1 aromatic rings. The number of nitrogens with zero attached hydrogens (tertiary/aromatic N) is 6. The van der Waals surface area contributed by atoms with Crippen molar-refractivity contribution in [3.8, 4) is 0 Å². The molecule has 2 aliphatic rings. The highest BCUT2D eigenvalue weighted by atomic mass is 16.2. The molecular formula is C15H22N6O2. The molecule has 0 N–H and O–H groups in total. The number of amides is 2. The highest BCUT2D eigenvalue weighted by Gasteiger charge is 2.21. The maximum Gasteiger partial charge on any atom is 0.219 e. The molecule has 2 fully saturated rings. The first-order valence-electron chi connectivity index (χ1n) is 7.94. The van der Waals surface area contributed by atoms with E-state index in [1.165, 1.54) is 0 Å². The number of rotatable bonds is 3. The van der Waals surface area contributed by atoms with E-state index in [1.54, 1.807) is 18.2 Å². The Bertz CT molecular complexity index is 565. The molecule has 3 rings (SSSR count). The number of aromatic nitrogens is 2. The minimum Gasteiger partial charge on any atom is -0.353 e.